The normalized spacial score (nSPS) is 11.0. The molecule has 0 aliphatic heterocycles. The molecule has 2 aromatic rings. The third-order valence-corrected chi connectivity index (χ3v) is 3.42. The number of aliphatic hydroxyl groups is 2. The van der Waals surface area contributed by atoms with Crippen molar-refractivity contribution >= 4 is 6.09 Å². The summed E-state index contributed by atoms with van der Waals surface area (Å²) in [6, 6.07) is 18.1. The minimum Gasteiger partial charge on any atom is -0.445 e. The molecule has 0 spiro atoms. The first-order valence-electron chi connectivity index (χ1n) is 6.96. The van der Waals surface area contributed by atoms with Crippen LogP contribution in [0.1, 0.15) is 11.1 Å². The number of carbonyl (C=O) groups excluding carboxylic acids is 1. The van der Waals surface area contributed by atoms with Crippen LogP contribution in [0.4, 0.5) is 4.79 Å². The van der Waals surface area contributed by atoms with E-state index in [1.54, 1.807) is 24.3 Å². The van der Waals surface area contributed by atoms with Crippen molar-refractivity contribution in [3.05, 3.63) is 71.8 Å². The SMILES string of the molecule is O=C(NC(CO)(CO)c1ccccc1)OCc1ccccc1. The number of hydrogen-bond acceptors (Lipinski definition) is 4. The smallest absolute Gasteiger partial charge is 0.408 e. The van der Waals surface area contributed by atoms with Crippen molar-refractivity contribution in [1.82, 2.24) is 5.32 Å². The number of hydrogen-bond donors (Lipinski definition) is 3. The number of alkyl carbamates (subject to hydrolysis) is 1. The minimum atomic E-state index is -1.27. The van der Waals surface area contributed by atoms with Crippen molar-refractivity contribution in [2.75, 3.05) is 13.2 Å². The summed E-state index contributed by atoms with van der Waals surface area (Å²) >= 11 is 0. The van der Waals surface area contributed by atoms with Gasteiger partial charge in [0, 0.05) is 0 Å². The van der Waals surface area contributed by atoms with Gasteiger partial charge >= 0.3 is 6.09 Å². The van der Waals surface area contributed by atoms with Crippen molar-refractivity contribution in [1.29, 1.82) is 0 Å². The van der Waals surface area contributed by atoms with E-state index >= 15 is 0 Å². The molecule has 2 rings (SSSR count). The number of carbonyl (C=O) groups is 1. The van der Waals surface area contributed by atoms with Crippen molar-refractivity contribution in [3.8, 4) is 0 Å². The monoisotopic (exact) mass is 301 g/mol. The average Bonchev–Trinajstić information content (AvgIpc) is 2.60. The number of aliphatic hydroxyl groups excluding tert-OH is 2. The topological polar surface area (TPSA) is 78.8 Å². The maximum atomic E-state index is 12.0. The summed E-state index contributed by atoms with van der Waals surface area (Å²) in [5, 5.41) is 21.8. The Bertz CT molecular complexity index is 582. The van der Waals surface area contributed by atoms with Gasteiger partial charge in [0.15, 0.2) is 0 Å². The quantitative estimate of drug-likeness (QED) is 0.760. The summed E-state index contributed by atoms with van der Waals surface area (Å²) < 4.78 is 5.14. The Labute approximate surface area is 129 Å². The Morgan fingerprint density at radius 1 is 0.955 bits per heavy atom. The van der Waals surface area contributed by atoms with Crippen LogP contribution < -0.4 is 5.32 Å². The predicted octanol–water partition coefficient (Wildman–Crippen LogP) is 1.79. The Morgan fingerprint density at radius 3 is 2.05 bits per heavy atom. The lowest BCUT2D eigenvalue weighted by atomic mass is 9.92. The van der Waals surface area contributed by atoms with Crippen molar-refractivity contribution in [2.24, 2.45) is 0 Å². The molecule has 3 N–H and O–H groups in total. The lowest BCUT2D eigenvalue weighted by Crippen LogP contribution is -2.51. The van der Waals surface area contributed by atoms with E-state index in [1.165, 1.54) is 0 Å². The van der Waals surface area contributed by atoms with E-state index in [2.05, 4.69) is 5.32 Å². The van der Waals surface area contributed by atoms with Crippen LogP contribution in [0.15, 0.2) is 60.7 Å². The second-order valence-electron chi connectivity index (χ2n) is 4.95. The highest BCUT2D eigenvalue weighted by molar-refractivity contribution is 5.69. The molecule has 0 bridgehead atoms. The summed E-state index contributed by atoms with van der Waals surface area (Å²) in [4.78, 5) is 12.0. The van der Waals surface area contributed by atoms with Crippen LogP contribution in [0.25, 0.3) is 0 Å². The van der Waals surface area contributed by atoms with Gasteiger partial charge in [0.05, 0.1) is 13.2 Å². The van der Waals surface area contributed by atoms with Crippen molar-refractivity contribution < 1.29 is 19.7 Å². The molecule has 1 amide bonds. The molecule has 0 unspecified atom stereocenters. The largest absolute Gasteiger partial charge is 0.445 e. The van der Waals surface area contributed by atoms with E-state index in [0.29, 0.717) is 5.56 Å². The molecule has 0 saturated heterocycles. The van der Waals surface area contributed by atoms with Crippen LogP contribution in [0.5, 0.6) is 0 Å². The number of ether oxygens (including phenoxy) is 1. The Balaban J connectivity index is 2.03. The van der Waals surface area contributed by atoms with E-state index in [-0.39, 0.29) is 6.61 Å². The molecular weight excluding hydrogens is 282 g/mol. The Morgan fingerprint density at radius 2 is 1.50 bits per heavy atom. The van der Waals surface area contributed by atoms with Crippen LogP contribution in [-0.4, -0.2) is 29.5 Å². The summed E-state index contributed by atoms with van der Waals surface area (Å²) in [5.74, 6) is 0. The summed E-state index contributed by atoms with van der Waals surface area (Å²) in [5.41, 5.74) is 0.197. The Kier molecular flexibility index (Phi) is 5.52. The molecule has 5 heteroatoms. The van der Waals surface area contributed by atoms with E-state index in [1.807, 2.05) is 36.4 Å². The predicted molar refractivity (Wildman–Crippen MR) is 82.1 cm³/mol. The first-order chi connectivity index (χ1) is 10.7. The van der Waals surface area contributed by atoms with Crippen molar-refractivity contribution in [3.63, 3.8) is 0 Å². The van der Waals surface area contributed by atoms with Gasteiger partial charge in [-0.1, -0.05) is 60.7 Å². The van der Waals surface area contributed by atoms with Gasteiger partial charge in [0.2, 0.25) is 0 Å². The maximum Gasteiger partial charge on any atom is 0.408 e. The molecule has 5 nitrogen and oxygen atoms in total. The van der Waals surface area contributed by atoms with Gasteiger partial charge in [-0.2, -0.15) is 0 Å². The number of amides is 1. The molecule has 0 aromatic heterocycles. The summed E-state index contributed by atoms with van der Waals surface area (Å²) in [6.07, 6.45) is -0.698. The van der Waals surface area contributed by atoms with Gasteiger partial charge in [0.25, 0.3) is 0 Å². The summed E-state index contributed by atoms with van der Waals surface area (Å²) in [7, 11) is 0. The minimum absolute atomic E-state index is 0.119. The molecule has 0 aliphatic rings. The third-order valence-electron chi connectivity index (χ3n) is 3.42. The van der Waals surface area contributed by atoms with E-state index < -0.39 is 24.8 Å². The summed E-state index contributed by atoms with van der Waals surface area (Å²) in [6.45, 7) is -0.754. The average molecular weight is 301 g/mol. The highest BCUT2D eigenvalue weighted by Crippen LogP contribution is 2.20. The van der Waals surface area contributed by atoms with Crippen LogP contribution in [0.3, 0.4) is 0 Å². The van der Waals surface area contributed by atoms with Crippen LogP contribution >= 0.6 is 0 Å². The number of benzene rings is 2. The fraction of sp³-hybridized carbons (Fsp3) is 0.235. The molecule has 0 fully saturated rings. The van der Waals surface area contributed by atoms with Gasteiger partial charge in [-0.3, -0.25) is 0 Å². The van der Waals surface area contributed by atoms with Gasteiger partial charge in [-0.25, -0.2) is 4.79 Å². The highest BCUT2D eigenvalue weighted by Gasteiger charge is 2.33. The standard InChI is InChI=1S/C17H19NO4/c19-12-17(13-20,15-9-5-2-6-10-15)18-16(21)22-11-14-7-3-1-4-8-14/h1-10,19-20H,11-13H2,(H,18,21). The van der Waals surface area contributed by atoms with Gasteiger partial charge in [-0.15, -0.1) is 0 Å². The maximum absolute atomic E-state index is 12.0. The van der Waals surface area contributed by atoms with Crippen molar-refractivity contribution in [2.45, 2.75) is 12.1 Å². The van der Waals surface area contributed by atoms with E-state index in [4.69, 9.17) is 4.74 Å². The lowest BCUT2D eigenvalue weighted by molar-refractivity contribution is 0.0710. The van der Waals surface area contributed by atoms with Crippen LogP contribution in [-0.2, 0) is 16.9 Å². The molecule has 22 heavy (non-hydrogen) atoms. The fourth-order valence-corrected chi connectivity index (χ4v) is 2.10. The molecule has 0 radical (unpaired) electrons. The molecular formula is C17H19NO4. The third kappa shape index (κ3) is 3.84. The van der Waals surface area contributed by atoms with Gasteiger partial charge in [0.1, 0.15) is 12.1 Å². The van der Waals surface area contributed by atoms with E-state index in [9.17, 15) is 15.0 Å². The Hall–Kier alpha value is -2.37. The highest BCUT2D eigenvalue weighted by atomic mass is 16.5. The molecule has 2 aromatic carbocycles. The number of rotatable bonds is 6. The lowest BCUT2D eigenvalue weighted by Gasteiger charge is -2.31. The molecule has 0 aliphatic carbocycles. The molecule has 0 atom stereocenters. The second kappa shape index (κ2) is 7.59. The zero-order valence-electron chi connectivity index (χ0n) is 12.1. The van der Waals surface area contributed by atoms with Gasteiger partial charge < -0.3 is 20.3 Å². The molecule has 0 saturated carbocycles. The van der Waals surface area contributed by atoms with Crippen LogP contribution in [0, 0.1) is 0 Å². The zero-order chi connectivity index (χ0) is 15.8. The van der Waals surface area contributed by atoms with Gasteiger partial charge in [-0.05, 0) is 11.1 Å². The fourth-order valence-electron chi connectivity index (χ4n) is 2.10. The zero-order valence-corrected chi connectivity index (χ0v) is 12.1. The first kappa shape index (κ1) is 16.0. The number of nitrogens with one attached hydrogen (secondary N) is 1. The first-order valence-corrected chi connectivity index (χ1v) is 6.96. The van der Waals surface area contributed by atoms with Crippen LogP contribution in [0.2, 0.25) is 0 Å². The van der Waals surface area contributed by atoms with E-state index in [0.717, 1.165) is 5.56 Å². The molecule has 116 valence electrons. The molecule has 0 heterocycles. The second-order valence-corrected chi connectivity index (χ2v) is 4.95.